The van der Waals surface area contributed by atoms with E-state index in [2.05, 4.69) is 15.3 Å². The molecule has 1 aromatic heterocycles. The van der Waals surface area contributed by atoms with E-state index >= 15 is 0 Å². The minimum atomic E-state index is -4.76. The number of aromatic nitrogens is 2. The minimum Gasteiger partial charge on any atom is -0.481 e. The van der Waals surface area contributed by atoms with E-state index in [0.29, 0.717) is 41.2 Å². The standard InChI is InChI=1S/C30H24F4N4O5S/c1-38(44(42,43)19-8-10-22-23(14-19)36-15-35-22)18-6-3-16(4-7-18)27-11-2-12-28(24(27)29(27,28)26(40)41)25(39)37-21-9-5-17(13-20(21)31)30(32,33)34/h3-10,13-15,24H,2,11-12H2,1H3,(H,35,36)(H,37,39)(H,40,41)/t24-,27+,28-,29+/m1/s1. The molecule has 7 rings (SSSR count). The van der Waals surface area contributed by atoms with Crippen LogP contribution in [0.1, 0.15) is 30.4 Å². The summed E-state index contributed by atoms with van der Waals surface area (Å²) in [6.07, 6.45) is -2.09. The number of alkyl halides is 3. The Hall–Kier alpha value is -4.46. The highest BCUT2D eigenvalue weighted by Gasteiger charge is 3.08. The predicted molar refractivity (Wildman–Crippen MR) is 150 cm³/mol. The van der Waals surface area contributed by atoms with Gasteiger partial charge in [0.1, 0.15) is 5.82 Å². The number of H-pyrrole nitrogens is 1. The molecule has 0 saturated heterocycles. The molecule has 9 nitrogen and oxygen atoms in total. The number of carboxylic acids is 1. The van der Waals surface area contributed by atoms with Crippen molar-refractivity contribution in [2.45, 2.75) is 35.7 Å². The lowest BCUT2D eigenvalue weighted by atomic mass is 9.59. The Morgan fingerprint density at radius 1 is 1.07 bits per heavy atom. The molecule has 0 spiro atoms. The first-order valence-corrected chi connectivity index (χ1v) is 15.1. The van der Waals surface area contributed by atoms with Gasteiger partial charge in [0.05, 0.1) is 50.0 Å². The first-order valence-electron chi connectivity index (χ1n) is 13.7. The number of carbonyl (C=O) groups is 2. The Balaban J connectivity index is 1.15. The molecule has 3 fully saturated rings. The fourth-order valence-corrected chi connectivity index (χ4v) is 9.20. The minimum absolute atomic E-state index is 0.0558. The van der Waals surface area contributed by atoms with Crippen LogP contribution in [0.3, 0.4) is 0 Å². The number of imidazole rings is 1. The molecule has 3 aromatic carbocycles. The van der Waals surface area contributed by atoms with Crippen molar-refractivity contribution in [3.8, 4) is 0 Å². The number of nitrogens with zero attached hydrogens (tertiary/aromatic N) is 2. The molecule has 3 aliphatic rings. The molecule has 0 radical (unpaired) electrons. The van der Waals surface area contributed by atoms with Crippen LogP contribution in [0.5, 0.6) is 0 Å². The van der Waals surface area contributed by atoms with Crippen LogP contribution in [0.4, 0.5) is 28.9 Å². The van der Waals surface area contributed by atoms with Gasteiger partial charge in [0, 0.05) is 18.4 Å². The Morgan fingerprint density at radius 2 is 1.80 bits per heavy atom. The Labute approximate surface area is 248 Å². The number of benzene rings is 3. The van der Waals surface area contributed by atoms with Gasteiger partial charge in [-0.15, -0.1) is 0 Å². The zero-order chi connectivity index (χ0) is 31.4. The number of fused-ring (bicyclic) bond motifs is 3. The van der Waals surface area contributed by atoms with E-state index in [9.17, 15) is 40.7 Å². The molecular formula is C30H24F4N4O5S. The number of hydrogen-bond acceptors (Lipinski definition) is 5. The van der Waals surface area contributed by atoms with Crippen LogP contribution >= 0.6 is 0 Å². The largest absolute Gasteiger partial charge is 0.481 e. The second-order valence-corrected chi connectivity index (χ2v) is 13.6. The lowest BCUT2D eigenvalue weighted by Crippen LogP contribution is -2.49. The summed E-state index contributed by atoms with van der Waals surface area (Å²) in [5, 5.41) is 12.8. The number of sulfonamides is 1. The van der Waals surface area contributed by atoms with Gasteiger partial charge in [-0.1, -0.05) is 18.6 Å². The molecule has 0 bridgehead atoms. The summed E-state index contributed by atoms with van der Waals surface area (Å²) < 4.78 is 81.2. The van der Waals surface area contributed by atoms with Gasteiger partial charge in [-0.2, -0.15) is 13.2 Å². The highest BCUT2D eigenvalue weighted by molar-refractivity contribution is 7.92. The van der Waals surface area contributed by atoms with Crippen LogP contribution in [0.25, 0.3) is 11.0 Å². The third-order valence-corrected chi connectivity index (χ3v) is 11.7. The number of carboxylic acid groups (broad SMARTS) is 1. The molecular weight excluding hydrogens is 604 g/mol. The van der Waals surface area contributed by atoms with Gasteiger partial charge in [-0.05, 0) is 66.9 Å². The number of nitrogens with one attached hydrogen (secondary N) is 2. The number of anilines is 2. The first kappa shape index (κ1) is 28.3. The van der Waals surface area contributed by atoms with Crippen LogP contribution in [0.15, 0.2) is 71.9 Å². The summed E-state index contributed by atoms with van der Waals surface area (Å²) in [4.78, 5) is 33.3. The Kier molecular flexibility index (Phi) is 5.67. The first-order chi connectivity index (χ1) is 20.7. The molecule has 3 aliphatic carbocycles. The van der Waals surface area contributed by atoms with Crippen LogP contribution in [0, 0.1) is 22.6 Å². The van der Waals surface area contributed by atoms with E-state index in [1.165, 1.54) is 25.5 Å². The van der Waals surface area contributed by atoms with E-state index in [-0.39, 0.29) is 17.4 Å². The van der Waals surface area contributed by atoms with Crippen molar-refractivity contribution in [1.29, 1.82) is 0 Å². The molecule has 44 heavy (non-hydrogen) atoms. The number of aliphatic carboxylic acids is 1. The molecule has 0 aliphatic heterocycles. The fourth-order valence-electron chi connectivity index (χ4n) is 7.97. The molecule has 4 atom stereocenters. The van der Waals surface area contributed by atoms with Crippen molar-refractivity contribution >= 4 is 44.3 Å². The van der Waals surface area contributed by atoms with Gasteiger partial charge in [0.25, 0.3) is 10.0 Å². The van der Waals surface area contributed by atoms with Crippen molar-refractivity contribution < 1.29 is 40.7 Å². The molecule has 4 aromatic rings. The summed E-state index contributed by atoms with van der Waals surface area (Å²) in [5.74, 6) is -3.79. The topological polar surface area (TPSA) is 132 Å². The zero-order valence-corrected chi connectivity index (χ0v) is 23.8. The second-order valence-electron chi connectivity index (χ2n) is 11.6. The van der Waals surface area contributed by atoms with Crippen molar-refractivity contribution in [2.24, 2.45) is 16.7 Å². The maximum Gasteiger partial charge on any atom is 0.416 e. The molecule has 0 unspecified atom stereocenters. The third-order valence-electron chi connectivity index (χ3n) is 9.88. The molecule has 3 N–H and O–H groups in total. The number of hydrogen-bond donors (Lipinski definition) is 3. The van der Waals surface area contributed by atoms with Crippen molar-refractivity contribution in [2.75, 3.05) is 16.7 Å². The van der Waals surface area contributed by atoms with Crippen molar-refractivity contribution in [3.63, 3.8) is 0 Å². The fraction of sp³-hybridized carbons (Fsp3) is 0.300. The quantitative estimate of drug-likeness (QED) is 0.238. The van der Waals surface area contributed by atoms with Gasteiger partial charge in [0.2, 0.25) is 5.91 Å². The summed E-state index contributed by atoms with van der Waals surface area (Å²) >= 11 is 0. The Bertz CT molecular complexity index is 2000. The van der Waals surface area contributed by atoms with E-state index in [1.54, 1.807) is 30.3 Å². The molecule has 14 heteroatoms. The third kappa shape index (κ3) is 3.39. The van der Waals surface area contributed by atoms with Crippen molar-refractivity contribution in [1.82, 2.24) is 9.97 Å². The van der Waals surface area contributed by atoms with Gasteiger partial charge in [0.15, 0.2) is 0 Å². The normalized spacial score (nSPS) is 27.0. The average Bonchev–Trinajstić information content (AvgIpc) is 3.78. The summed E-state index contributed by atoms with van der Waals surface area (Å²) in [7, 11) is -2.54. The van der Waals surface area contributed by atoms with Gasteiger partial charge in [-0.25, -0.2) is 17.8 Å². The summed E-state index contributed by atoms with van der Waals surface area (Å²) in [6, 6.07) is 12.8. The predicted octanol–water partition coefficient (Wildman–Crippen LogP) is 5.31. The number of aromatic amines is 1. The number of halogens is 4. The lowest BCUT2D eigenvalue weighted by Gasteiger charge is -2.43. The van der Waals surface area contributed by atoms with E-state index in [1.807, 2.05) is 0 Å². The number of amides is 1. The number of rotatable bonds is 7. The SMILES string of the molecule is CN(c1ccc([C@@]23CCC[C@]4(C(=O)Nc5ccc(C(F)(F)F)cc5F)[C@@H]2[C@@]43C(=O)O)cc1)S(=O)(=O)c1ccc2nc[nH]c2c1. The Morgan fingerprint density at radius 3 is 2.43 bits per heavy atom. The van der Waals surface area contributed by atoms with Crippen molar-refractivity contribution in [3.05, 3.63) is 83.9 Å². The molecule has 3 saturated carbocycles. The molecule has 1 heterocycles. The maximum atomic E-state index is 14.5. The van der Waals surface area contributed by atoms with E-state index in [0.717, 1.165) is 10.4 Å². The van der Waals surface area contributed by atoms with Gasteiger partial charge in [-0.3, -0.25) is 13.9 Å². The van der Waals surface area contributed by atoms with Crippen LogP contribution < -0.4 is 9.62 Å². The summed E-state index contributed by atoms with van der Waals surface area (Å²) in [5.41, 5.74) is -3.18. The summed E-state index contributed by atoms with van der Waals surface area (Å²) in [6.45, 7) is 0. The lowest BCUT2D eigenvalue weighted by molar-refractivity contribution is -0.150. The van der Waals surface area contributed by atoms with Crippen LogP contribution in [-0.4, -0.2) is 42.4 Å². The van der Waals surface area contributed by atoms with E-state index < -0.39 is 67.3 Å². The zero-order valence-electron chi connectivity index (χ0n) is 22.9. The van der Waals surface area contributed by atoms with Crippen LogP contribution in [-0.2, 0) is 31.2 Å². The van der Waals surface area contributed by atoms with Gasteiger partial charge >= 0.3 is 12.1 Å². The second kappa shape index (κ2) is 8.80. The monoisotopic (exact) mass is 628 g/mol. The number of carbonyl (C=O) groups excluding carboxylic acids is 1. The van der Waals surface area contributed by atoms with E-state index in [4.69, 9.17) is 0 Å². The van der Waals surface area contributed by atoms with Gasteiger partial charge < -0.3 is 15.4 Å². The average molecular weight is 629 g/mol. The highest BCUT2D eigenvalue weighted by atomic mass is 32.2. The molecule has 228 valence electrons. The highest BCUT2D eigenvalue weighted by Crippen LogP contribution is 3.01. The van der Waals surface area contributed by atoms with Crippen LogP contribution in [0.2, 0.25) is 0 Å². The molecule has 1 amide bonds. The maximum absolute atomic E-state index is 14.5. The smallest absolute Gasteiger partial charge is 0.416 e.